The van der Waals surface area contributed by atoms with Gasteiger partial charge in [0.25, 0.3) is 0 Å². The molecule has 0 saturated carbocycles. The second-order valence-corrected chi connectivity index (χ2v) is 6.68. The van der Waals surface area contributed by atoms with Crippen LogP contribution in [0, 0.1) is 5.41 Å². The van der Waals surface area contributed by atoms with Crippen LogP contribution in [0.2, 0.25) is 0 Å². The third-order valence-corrected chi connectivity index (χ3v) is 3.60. The predicted octanol–water partition coefficient (Wildman–Crippen LogP) is 0.268. The predicted molar refractivity (Wildman–Crippen MR) is 68.5 cm³/mol. The quantitative estimate of drug-likeness (QED) is 0.592. The number of nitrogens with one attached hydrogen (secondary N) is 1. The van der Waals surface area contributed by atoms with Crippen molar-refractivity contribution < 1.29 is 23.1 Å². The van der Waals surface area contributed by atoms with Crippen molar-refractivity contribution in [3.05, 3.63) is 0 Å². The van der Waals surface area contributed by atoms with Gasteiger partial charge < -0.3 is 9.84 Å². The highest BCUT2D eigenvalue weighted by Gasteiger charge is 2.23. The molecule has 18 heavy (non-hydrogen) atoms. The van der Waals surface area contributed by atoms with E-state index in [4.69, 9.17) is 5.11 Å². The molecule has 0 fully saturated rings. The van der Waals surface area contributed by atoms with Gasteiger partial charge in [-0.05, 0) is 25.2 Å². The fourth-order valence-corrected chi connectivity index (χ4v) is 2.47. The maximum Gasteiger partial charge on any atom is 0.322 e. The van der Waals surface area contributed by atoms with E-state index in [1.165, 1.54) is 0 Å². The standard InChI is InChI=1S/C11H23NO5S/c1-4-17-10(14)8-18(15,16)12-9-11(2,3)6-5-7-13/h12-13H,4-9H2,1-3H3. The van der Waals surface area contributed by atoms with Gasteiger partial charge in [0.1, 0.15) is 0 Å². The molecule has 0 aromatic rings. The van der Waals surface area contributed by atoms with Gasteiger partial charge in [0, 0.05) is 13.2 Å². The second kappa shape index (κ2) is 7.70. The maximum absolute atomic E-state index is 11.6. The summed E-state index contributed by atoms with van der Waals surface area (Å²) in [6, 6.07) is 0. The van der Waals surface area contributed by atoms with E-state index in [-0.39, 0.29) is 25.2 Å². The summed E-state index contributed by atoms with van der Waals surface area (Å²) < 4.78 is 30.1. The summed E-state index contributed by atoms with van der Waals surface area (Å²) in [5.74, 6) is -1.41. The van der Waals surface area contributed by atoms with Crippen molar-refractivity contribution in [2.24, 2.45) is 5.41 Å². The number of carbonyl (C=O) groups is 1. The monoisotopic (exact) mass is 281 g/mol. The minimum atomic E-state index is -3.65. The van der Waals surface area contributed by atoms with Crippen LogP contribution < -0.4 is 4.72 Å². The molecular formula is C11H23NO5S. The molecule has 0 bridgehead atoms. The summed E-state index contributed by atoms with van der Waals surface area (Å²) in [6.07, 6.45) is 1.32. The molecule has 0 aromatic carbocycles. The van der Waals surface area contributed by atoms with E-state index < -0.39 is 21.7 Å². The number of sulfonamides is 1. The molecule has 108 valence electrons. The lowest BCUT2D eigenvalue weighted by atomic mass is 9.88. The number of carbonyl (C=O) groups excluding carboxylic acids is 1. The zero-order valence-corrected chi connectivity index (χ0v) is 12.0. The Balaban J connectivity index is 4.21. The molecule has 0 aromatic heterocycles. The van der Waals surface area contributed by atoms with Gasteiger partial charge in [-0.2, -0.15) is 0 Å². The molecular weight excluding hydrogens is 258 g/mol. The molecule has 0 rings (SSSR count). The highest BCUT2D eigenvalue weighted by atomic mass is 32.2. The van der Waals surface area contributed by atoms with Crippen LogP contribution in [0.25, 0.3) is 0 Å². The van der Waals surface area contributed by atoms with Crippen LogP contribution in [0.1, 0.15) is 33.6 Å². The fraction of sp³-hybridized carbons (Fsp3) is 0.909. The van der Waals surface area contributed by atoms with Crippen molar-refractivity contribution in [1.82, 2.24) is 4.72 Å². The number of hydrogen-bond acceptors (Lipinski definition) is 5. The molecule has 2 N–H and O–H groups in total. The number of rotatable bonds is 9. The fourth-order valence-electron chi connectivity index (χ4n) is 1.36. The zero-order valence-electron chi connectivity index (χ0n) is 11.2. The summed E-state index contributed by atoms with van der Waals surface area (Å²) in [4.78, 5) is 11.1. The molecule has 6 nitrogen and oxygen atoms in total. The number of esters is 1. The first-order valence-electron chi connectivity index (χ1n) is 5.96. The van der Waals surface area contributed by atoms with Crippen molar-refractivity contribution in [2.45, 2.75) is 33.6 Å². The van der Waals surface area contributed by atoms with Gasteiger partial charge >= 0.3 is 5.97 Å². The van der Waals surface area contributed by atoms with Crippen LogP contribution >= 0.6 is 0 Å². The molecule has 7 heteroatoms. The van der Waals surface area contributed by atoms with Crippen LogP contribution in [-0.4, -0.2) is 45.0 Å². The third kappa shape index (κ3) is 8.43. The zero-order chi connectivity index (χ0) is 14.2. The molecule has 0 aliphatic carbocycles. The molecule has 0 heterocycles. The Morgan fingerprint density at radius 1 is 1.39 bits per heavy atom. The van der Waals surface area contributed by atoms with Crippen LogP contribution in [0.15, 0.2) is 0 Å². The molecule has 0 unspecified atom stereocenters. The van der Waals surface area contributed by atoms with E-state index in [1.54, 1.807) is 6.92 Å². The van der Waals surface area contributed by atoms with Gasteiger partial charge in [-0.3, -0.25) is 4.79 Å². The summed E-state index contributed by atoms with van der Waals surface area (Å²) >= 11 is 0. The first-order valence-corrected chi connectivity index (χ1v) is 7.61. The highest BCUT2D eigenvalue weighted by molar-refractivity contribution is 7.90. The number of aliphatic hydroxyl groups excluding tert-OH is 1. The van der Waals surface area contributed by atoms with Crippen molar-refractivity contribution in [1.29, 1.82) is 0 Å². The van der Waals surface area contributed by atoms with Crippen molar-refractivity contribution in [3.63, 3.8) is 0 Å². The van der Waals surface area contributed by atoms with Crippen LogP contribution in [0.5, 0.6) is 0 Å². The number of hydrogen-bond donors (Lipinski definition) is 2. The average Bonchev–Trinajstić information content (AvgIpc) is 2.24. The average molecular weight is 281 g/mol. The molecule has 0 saturated heterocycles. The van der Waals surface area contributed by atoms with Gasteiger partial charge in [0.15, 0.2) is 5.75 Å². The smallest absolute Gasteiger partial charge is 0.322 e. The Kier molecular flexibility index (Phi) is 7.42. The topological polar surface area (TPSA) is 92.7 Å². The molecule has 0 aliphatic heterocycles. The maximum atomic E-state index is 11.6. The third-order valence-electron chi connectivity index (χ3n) is 2.40. The van der Waals surface area contributed by atoms with E-state index in [1.807, 2.05) is 13.8 Å². The van der Waals surface area contributed by atoms with E-state index in [0.29, 0.717) is 12.8 Å². The summed E-state index contributed by atoms with van der Waals surface area (Å²) in [7, 11) is -3.65. The summed E-state index contributed by atoms with van der Waals surface area (Å²) in [6.45, 7) is 5.89. The van der Waals surface area contributed by atoms with Gasteiger partial charge in [-0.15, -0.1) is 0 Å². The normalized spacial score (nSPS) is 12.4. The lowest BCUT2D eigenvalue weighted by molar-refractivity contribution is -0.139. The number of ether oxygens (including phenoxy) is 1. The van der Waals surface area contributed by atoms with E-state index >= 15 is 0 Å². The van der Waals surface area contributed by atoms with Crippen LogP contribution in [0.3, 0.4) is 0 Å². The minimum absolute atomic E-state index is 0.0823. The van der Waals surface area contributed by atoms with Gasteiger partial charge in [-0.1, -0.05) is 13.8 Å². The minimum Gasteiger partial charge on any atom is -0.465 e. The van der Waals surface area contributed by atoms with Gasteiger partial charge in [0.05, 0.1) is 6.61 Å². The molecule has 0 radical (unpaired) electrons. The first-order chi connectivity index (χ1) is 8.22. The Morgan fingerprint density at radius 2 is 2.00 bits per heavy atom. The van der Waals surface area contributed by atoms with Crippen molar-refractivity contribution >= 4 is 16.0 Å². The van der Waals surface area contributed by atoms with Crippen molar-refractivity contribution in [2.75, 3.05) is 25.5 Å². The molecule has 0 aliphatic rings. The van der Waals surface area contributed by atoms with E-state index in [9.17, 15) is 13.2 Å². The Hall–Kier alpha value is -0.660. The number of aliphatic hydroxyl groups is 1. The first kappa shape index (κ1) is 17.3. The molecule has 0 spiro atoms. The summed E-state index contributed by atoms with van der Waals surface area (Å²) in [5.41, 5.74) is -0.259. The lowest BCUT2D eigenvalue weighted by Crippen LogP contribution is -2.37. The van der Waals surface area contributed by atoms with Crippen LogP contribution in [0.4, 0.5) is 0 Å². The Labute approximate surface area is 109 Å². The Bertz CT molecular complexity index is 350. The SMILES string of the molecule is CCOC(=O)CS(=O)(=O)NCC(C)(C)CCCO. The molecule has 0 atom stereocenters. The molecule has 0 amide bonds. The lowest BCUT2D eigenvalue weighted by Gasteiger charge is -2.24. The summed E-state index contributed by atoms with van der Waals surface area (Å²) in [5, 5.41) is 8.74. The highest BCUT2D eigenvalue weighted by Crippen LogP contribution is 2.21. The Morgan fingerprint density at radius 3 is 2.50 bits per heavy atom. The van der Waals surface area contributed by atoms with E-state index in [2.05, 4.69) is 9.46 Å². The van der Waals surface area contributed by atoms with Gasteiger partial charge in [-0.25, -0.2) is 13.1 Å². The second-order valence-electron chi connectivity index (χ2n) is 4.88. The largest absolute Gasteiger partial charge is 0.465 e. The van der Waals surface area contributed by atoms with E-state index in [0.717, 1.165) is 0 Å². The van der Waals surface area contributed by atoms with Gasteiger partial charge in [0.2, 0.25) is 10.0 Å². The van der Waals surface area contributed by atoms with Crippen LogP contribution in [-0.2, 0) is 19.6 Å². The van der Waals surface area contributed by atoms with Crippen molar-refractivity contribution in [3.8, 4) is 0 Å².